The molecule has 0 fully saturated rings. The molecule has 0 bridgehead atoms. The molecule has 4 heteroatoms. The van der Waals surface area contributed by atoms with Gasteiger partial charge in [0.25, 0.3) is 0 Å². The van der Waals surface area contributed by atoms with Crippen LogP contribution in [0, 0.1) is 0 Å². The summed E-state index contributed by atoms with van der Waals surface area (Å²) in [7, 11) is 0. The maximum Gasteiger partial charge on any atom is 0.119 e. The topological polar surface area (TPSA) is 9.23 Å². The van der Waals surface area contributed by atoms with E-state index < -0.39 is 5.47 Å². The van der Waals surface area contributed by atoms with Gasteiger partial charge in [0.05, 0.1) is 0 Å². The second kappa shape index (κ2) is 4.99. The minimum absolute atomic E-state index is 0.223. The molecule has 0 aliphatic heterocycles. The summed E-state index contributed by atoms with van der Waals surface area (Å²) in [6.45, 7) is 11.4. The van der Waals surface area contributed by atoms with E-state index in [-0.39, 0.29) is 4.75 Å². The molecule has 0 aliphatic carbocycles. The van der Waals surface area contributed by atoms with Gasteiger partial charge < -0.3 is 4.52 Å². The molecule has 12 heavy (non-hydrogen) atoms. The Bertz CT molecular complexity index is 174. The van der Waals surface area contributed by atoms with Crippen molar-refractivity contribution in [2.75, 3.05) is 12.8 Å². The molecule has 0 saturated heterocycles. The van der Waals surface area contributed by atoms with Crippen LogP contribution in [0.15, 0.2) is 0 Å². The van der Waals surface area contributed by atoms with Crippen molar-refractivity contribution in [2.45, 2.75) is 39.4 Å². The molecular formula is C8H19OPS2. The summed E-state index contributed by atoms with van der Waals surface area (Å²) in [4.78, 5) is 0. The van der Waals surface area contributed by atoms with Gasteiger partial charge in [0.15, 0.2) is 0 Å². The summed E-state index contributed by atoms with van der Waals surface area (Å²) < 4.78 is 5.87. The first-order chi connectivity index (χ1) is 5.33. The molecule has 0 aliphatic rings. The Kier molecular flexibility index (Phi) is 5.39. The molecular weight excluding hydrogens is 207 g/mol. The lowest BCUT2D eigenvalue weighted by Crippen LogP contribution is -2.08. The zero-order valence-electron chi connectivity index (χ0n) is 8.59. The zero-order chi connectivity index (χ0) is 9.83. The SMILES string of the molecule is CCOP(=S)(CC)SC(C)(C)C. The van der Waals surface area contributed by atoms with Gasteiger partial charge in [0, 0.05) is 17.5 Å². The Balaban J connectivity index is 4.25. The van der Waals surface area contributed by atoms with Crippen molar-refractivity contribution in [2.24, 2.45) is 0 Å². The Morgan fingerprint density at radius 1 is 1.33 bits per heavy atom. The third kappa shape index (κ3) is 5.58. The van der Waals surface area contributed by atoms with Crippen LogP contribution < -0.4 is 0 Å². The van der Waals surface area contributed by atoms with E-state index in [2.05, 4.69) is 27.7 Å². The normalized spacial score (nSPS) is 17.4. The Morgan fingerprint density at radius 2 is 1.83 bits per heavy atom. The average molecular weight is 226 g/mol. The van der Waals surface area contributed by atoms with Crippen LogP contribution in [0.4, 0.5) is 0 Å². The first kappa shape index (κ1) is 13.0. The molecule has 1 nitrogen and oxygen atoms in total. The molecule has 0 aromatic rings. The van der Waals surface area contributed by atoms with Crippen LogP contribution in [-0.4, -0.2) is 17.5 Å². The second-order valence-corrected chi connectivity index (χ2v) is 11.8. The fourth-order valence-corrected chi connectivity index (χ4v) is 8.08. The molecule has 0 amide bonds. The maximum atomic E-state index is 5.64. The van der Waals surface area contributed by atoms with E-state index in [1.54, 1.807) is 0 Å². The molecule has 0 aromatic heterocycles. The van der Waals surface area contributed by atoms with Gasteiger partial charge in [0.2, 0.25) is 0 Å². The zero-order valence-corrected chi connectivity index (χ0v) is 11.1. The molecule has 0 N–H and O–H groups in total. The number of hydrogen-bond acceptors (Lipinski definition) is 3. The highest BCUT2D eigenvalue weighted by Crippen LogP contribution is 2.63. The summed E-state index contributed by atoms with van der Waals surface area (Å²) in [5.74, 6) is 0. The minimum atomic E-state index is -1.57. The summed E-state index contributed by atoms with van der Waals surface area (Å²) in [6, 6.07) is 0. The molecule has 74 valence electrons. The van der Waals surface area contributed by atoms with E-state index in [9.17, 15) is 0 Å². The van der Waals surface area contributed by atoms with Gasteiger partial charge in [-0.3, -0.25) is 0 Å². The van der Waals surface area contributed by atoms with Crippen molar-refractivity contribution in [3.8, 4) is 0 Å². The Morgan fingerprint density at radius 3 is 2.08 bits per heavy atom. The summed E-state index contributed by atoms with van der Waals surface area (Å²) in [5, 5.41) is 0. The van der Waals surface area contributed by atoms with Crippen LogP contribution in [0.25, 0.3) is 0 Å². The van der Waals surface area contributed by atoms with Gasteiger partial charge >= 0.3 is 0 Å². The van der Waals surface area contributed by atoms with Gasteiger partial charge in [-0.15, -0.1) is 0 Å². The van der Waals surface area contributed by atoms with E-state index >= 15 is 0 Å². The predicted octanol–water partition coefficient (Wildman–Crippen LogP) is 3.88. The minimum Gasteiger partial charge on any atom is -0.342 e. The fraction of sp³-hybridized carbons (Fsp3) is 1.00. The third-order valence-electron chi connectivity index (χ3n) is 1.13. The van der Waals surface area contributed by atoms with Crippen molar-refractivity contribution in [1.82, 2.24) is 0 Å². The van der Waals surface area contributed by atoms with E-state index in [1.807, 2.05) is 18.3 Å². The van der Waals surface area contributed by atoms with Crippen molar-refractivity contribution in [3.63, 3.8) is 0 Å². The molecule has 0 heterocycles. The average Bonchev–Trinajstić information content (AvgIpc) is 1.84. The van der Waals surface area contributed by atoms with Crippen LogP contribution in [0.2, 0.25) is 0 Å². The first-order valence-corrected chi connectivity index (χ1v) is 8.60. The summed E-state index contributed by atoms with van der Waals surface area (Å²) in [6.07, 6.45) is 0.984. The molecule has 0 spiro atoms. The van der Waals surface area contributed by atoms with Crippen LogP contribution in [0.1, 0.15) is 34.6 Å². The fourth-order valence-electron chi connectivity index (χ4n) is 0.796. The van der Waals surface area contributed by atoms with Crippen LogP contribution >= 0.6 is 16.8 Å². The van der Waals surface area contributed by atoms with E-state index in [0.29, 0.717) is 0 Å². The number of rotatable bonds is 4. The highest BCUT2D eigenvalue weighted by atomic mass is 32.9. The van der Waals surface area contributed by atoms with E-state index in [0.717, 1.165) is 12.8 Å². The summed E-state index contributed by atoms with van der Waals surface area (Å²) in [5.41, 5.74) is -1.57. The van der Waals surface area contributed by atoms with E-state index in [1.165, 1.54) is 0 Å². The third-order valence-corrected chi connectivity index (χ3v) is 8.71. The van der Waals surface area contributed by atoms with Crippen molar-refractivity contribution < 1.29 is 4.52 Å². The van der Waals surface area contributed by atoms with Gasteiger partial charge in [-0.1, -0.05) is 50.9 Å². The maximum absolute atomic E-state index is 5.64. The van der Waals surface area contributed by atoms with Crippen molar-refractivity contribution in [1.29, 1.82) is 0 Å². The van der Waals surface area contributed by atoms with Gasteiger partial charge in [-0.25, -0.2) is 0 Å². The molecule has 1 unspecified atom stereocenters. The van der Waals surface area contributed by atoms with Gasteiger partial charge in [-0.05, 0) is 6.92 Å². The van der Waals surface area contributed by atoms with Crippen LogP contribution in [0.3, 0.4) is 0 Å². The monoisotopic (exact) mass is 226 g/mol. The predicted molar refractivity (Wildman–Crippen MR) is 63.8 cm³/mol. The smallest absolute Gasteiger partial charge is 0.119 e. The first-order valence-electron chi connectivity index (χ1n) is 4.27. The number of hydrogen-bond donors (Lipinski definition) is 0. The van der Waals surface area contributed by atoms with Crippen LogP contribution in [-0.2, 0) is 16.3 Å². The molecule has 0 rings (SSSR count). The Hall–Kier alpha value is 0.960. The highest BCUT2D eigenvalue weighted by Gasteiger charge is 2.23. The largest absolute Gasteiger partial charge is 0.342 e. The molecule has 0 saturated carbocycles. The summed E-state index contributed by atoms with van der Waals surface area (Å²) >= 11 is 7.33. The molecule has 1 atom stereocenters. The second-order valence-electron chi connectivity index (χ2n) is 3.55. The van der Waals surface area contributed by atoms with Gasteiger partial charge in [0.1, 0.15) is 5.47 Å². The van der Waals surface area contributed by atoms with E-state index in [4.69, 9.17) is 16.3 Å². The molecule has 0 radical (unpaired) electrons. The quantitative estimate of drug-likeness (QED) is 0.673. The lowest BCUT2D eigenvalue weighted by molar-refractivity contribution is 0.385. The lowest BCUT2D eigenvalue weighted by Gasteiger charge is -2.27. The Labute approximate surface area is 85.5 Å². The lowest BCUT2D eigenvalue weighted by atomic mass is 10.3. The van der Waals surface area contributed by atoms with Crippen LogP contribution in [0.5, 0.6) is 0 Å². The van der Waals surface area contributed by atoms with Crippen molar-refractivity contribution in [3.05, 3.63) is 0 Å². The van der Waals surface area contributed by atoms with Crippen molar-refractivity contribution >= 4 is 28.7 Å². The van der Waals surface area contributed by atoms with Gasteiger partial charge in [-0.2, -0.15) is 0 Å². The standard InChI is InChI=1S/C8H19OPS2/c1-6-9-10(11,7-2)12-8(3,4)5/h6-7H2,1-5H3. The highest BCUT2D eigenvalue weighted by molar-refractivity contribution is 8.69. The molecule has 0 aromatic carbocycles.